The van der Waals surface area contributed by atoms with Gasteiger partial charge in [-0.05, 0) is 159 Å². The Labute approximate surface area is 867 Å². The quantitative estimate of drug-likeness (QED) is 0.0262. The number of carbonyl (C=O) groups is 6. The molecule has 0 amide bonds. The second-order valence-electron chi connectivity index (χ2n) is 32.8. The van der Waals surface area contributed by atoms with Crippen LogP contribution in [0.3, 0.4) is 0 Å². The molecule has 0 N–H and O–H groups in total. The molecule has 0 atom stereocenters. The maximum Gasteiger partial charge on any atom is 0.341 e. The van der Waals surface area contributed by atoms with E-state index >= 15 is 0 Å². The Bertz CT molecular complexity index is 7320. The average Bonchev–Trinajstić information content (AvgIpc) is 1.63. The molecule has 744 valence electrons. The summed E-state index contributed by atoms with van der Waals surface area (Å²) < 4.78 is 67.8. The van der Waals surface area contributed by atoms with Gasteiger partial charge in [0.15, 0.2) is 74.2 Å². The van der Waals surface area contributed by atoms with Crippen molar-refractivity contribution in [1.29, 1.82) is 0 Å². The number of aryl methyl sites for hydroxylation is 6. The summed E-state index contributed by atoms with van der Waals surface area (Å²) in [6.07, 6.45) is 11.0. The van der Waals surface area contributed by atoms with Crippen molar-refractivity contribution in [1.82, 2.24) is 60.8 Å². The molecule has 0 bridgehead atoms. The van der Waals surface area contributed by atoms with Gasteiger partial charge in [-0.2, -0.15) is 0 Å². The molecule has 0 aliphatic rings. The molecular weight excluding hydrogens is 1990 g/mol. The number of hydrogen-bond acceptors (Lipinski definition) is 31. The van der Waals surface area contributed by atoms with Crippen molar-refractivity contribution >= 4 is 105 Å². The molecule has 12 aromatic heterocycles. The first-order chi connectivity index (χ1) is 70.4. The summed E-state index contributed by atoms with van der Waals surface area (Å²) in [4.78, 5) is 95.0. The van der Waals surface area contributed by atoms with E-state index in [1.165, 1.54) is 71.1 Å². The largest absolute Gasteiger partial charge is 0.496 e. The van der Waals surface area contributed by atoms with Crippen LogP contribution in [0, 0.1) is 27.7 Å². The van der Waals surface area contributed by atoms with Crippen molar-refractivity contribution in [3.05, 3.63) is 418 Å². The lowest BCUT2D eigenvalue weighted by Gasteiger charge is -2.18. The zero-order valence-corrected chi connectivity index (χ0v) is 84.6. The number of ether oxygens (including phenoxy) is 7. The fourth-order valence-corrected chi connectivity index (χ4v) is 14.9. The molecule has 0 unspecified atom stereocenters. The number of para-hydroxylation sites is 1. The topological polar surface area (TPSA) is 401 Å². The summed E-state index contributed by atoms with van der Waals surface area (Å²) in [6.45, 7) is 18.7. The summed E-state index contributed by atoms with van der Waals surface area (Å²) in [5.74, 6) is -0.00712. The average molecular weight is 2090 g/mol. The highest BCUT2D eigenvalue weighted by molar-refractivity contribution is 6.34. The van der Waals surface area contributed by atoms with Crippen LogP contribution in [0.4, 0.5) is 0 Å². The Balaban J connectivity index is 0.000000147. The first kappa shape index (κ1) is 107. The van der Waals surface area contributed by atoms with Gasteiger partial charge in [-0.25, -0.2) is 58.7 Å². The molecule has 37 heteroatoms. The van der Waals surface area contributed by atoms with E-state index in [4.69, 9.17) is 130 Å². The Morgan fingerprint density at radius 3 is 0.801 bits per heavy atom. The molecule has 0 aliphatic heterocycles. The third-order valence-corrected chi connectivity index (χ3v) is 23.1. The molecule has 18 aromatic rings. The van der Waals surface area contributed by atoms with Crippen LogP contribution < -0.4 is 4.74 Å². The van der Waals surface area contributed by atoms with Crippen LogP contribution in [-0.4, -0.2) is 104 Å². The minimum absolute atomic E-state index is 0.0237. The number of esters is 6. The van der Waals surface area contributed by atoms with Crippen molar-refractivity contribution in [3.8, 4) is 73.3 Å². The zero-order valence-electron chi connectivity index (χ0n) is 80.1. The Morgan fingerprint density at radius 1 is 0.288 bits per heavy atom. The number of benzene rings is 6. The lowest BCUT2D eigenvalue weighted by Crippen LogP contribution is -2.10. The summed E-state index contributed by atoms with van der Waals surface area (Å²) >= 11 is 35.2. The van der Waals surface area contributed by atoms with Gasteiger partial charge in [0.05, 0.1) is 40.5 Å². The Hall–Kier alpha value is -16.2. The standard InChI is InChI=1S/C20H19ClN2O3.C19H17ClN2O3.2C18H15ClN2O3.C17H13ClN2O4.C17H13ClN2O3/c1-20(2,3)14-8-6-13(7-9-14)17-11-15(26-23-17)12-25-19(24)16-5-4-10-22-18(16)21;1-11-7-12(2)17(13(3)8-11)16-9-14(25-22-16)10-24-19(23)15-5-4-6-21-18(15)20;2*1-2-12-5-7-13(8-6-12)16-10-14(24-21-16)11-23-18(22)15-4-3-9-20-17(15)19;1-22-15-7-3-2-5-12(15)14-9-11(24-20-14)10-23-17(21)13-6-4-8-19-16(13)18;1-11-4-6-12(7-5-11)15-9-13(23-20-15)10-22-17(21)14-3-2-8-19-16(14)18/h4-11H,12H2,1-3H3;4-9H,10H2,1-3H3;2*3-10H,2,11H2,1H3;2-9H,10H2,1H3;2-9H,10H2,1H3. The predicted octanol–water partition coefficient (Wildman–Crippen LogP) is 26.1. The summed E-state index contributed by atoms with van der Waals surface area (Å²) in [5.41, 5.74) is 19.4. The third kappa shape index (κ3) is 30.2. The zero-order chi connectivity index (χ0) is 104. The number of nitrogens with zero attached hydrogens (tertiary/aromatic N) is 12. The van der Waals surface area contributed by atoms with Gasteiger partial charge >= 0.3 is 35.8 Å². The number of aromatic nitrogens is 12. The normalized spacial score (nSPS) is 10.7. The first-order valence-electron chi connectivity index (χ1n) is 44.9. The van der Waals surface area contributed by atoms with Gasteiger partial charge in [0.25, 0.3) is 0 Å². The van der Waals surface area contributed by atoms with E-state index in [0.29, 0.717) is 68.8 Å². The minimum Gasteiger partial charge on any atom is -0.496 e. The molecule has 0 fully saturated rings. The molecule has 12 heterocycles. The smallest absolute Gasteiger partial charge is 0.341 e. The molecule has 0 aliphatic carbocycles. The maximum atomic E-state index is 12.1. The Kier molecular flexibility index (Phi) is 38.3. The van der Waals surface area contributed by atoms with E-state index in [1.54, 1.807) is 110 Å². The number of halogens is 6. The number of hydrogen-bond donors (Lipinski definition) is 0. The maximum absolute atomic E-state index is 12.1. The highest BCUT2D eigenvalue weighted by atomic mass is 35.5. The SMILES string of the molecule is CC(C)(C)c1ccc(-c2cc(COC(=O)c3cccnc3Cl)on2)cc1.CCc1ccc(-c2cc(COC(=O)c3cccnc3Cl)on2)cc1.CCc1ccc(-c2cc(COC(=O)c3cccnc3Cl)on2)cc1.COc1ccccc1-c1cc(COC(=O)c2cccnc2Cl)on1.Cc1cc(C)c(-c2cc(COC(=O)c3cccnc3Cl)on2)c(C)c1.Cc1ccc(-c2cc(COC(=O)c3cccnc3Cl)on2)cc1. The number of rotatable bonds is 27. The van der Waals surface area contributed by atoms with Gasteiger partial charge in [0.2, 0.25) is 0 Å². The first-order valence-corrected chi connectivity index (χ1v) is 47.2. The number of carbonyl (C=O) groups excluding carboxylic acids is 6. The molecule has 146 heavy (non-hydrogen) atoms. The van der Waals surface area contributed by atoms with E-state index in [-0.39, 0.29) is 109 Å². The van der Waals surface area contributed by atoms with Gasteiger partial charge in [0, 0.05) is 107 Å². The summed E-state index contributed by atoms with van der Waals surface area (Å²) in [6, 6.07) is 73.3. The van der Waals surface area contributed by atoms with E-state index in [1.807, 2.05) is 130 Å². The van der Waals surface area contributed by atoms with Crippen molar-refractivity contribution in [2.75, 3.05) is 7.11 Å². The Morgan fingerprint density at radius 2 is 0.534 bits per heavy atom. The molecule has 0 spiro atoms. The molecule has 31 nitrogen and oxygen atoms in total. The van der Waals surface area contributed by atoms with Crippen LogP contribution >= 0.6 is 69.6 Å². The van der Waals surface area contributed by atoms with Gasteiger partial charge < -0.3 is 60.3 Å². The monoisotopic (exact) mass is 2080 g/mol. The van der Waals surface area contributed by atoms with E-state index in [2.05, 4.69) is 127 Å². The van der Waals surface area contributed by atoms with Crippen LogP contribution in [0.25, 0.3) is 67.5 Å². The van der Waals surface area contributed by atoms with E-state index in [9.17, 15) is 28.8 Å². The van der Waals surface area contributed by atoms with E-state index < -0.39 is 35.8 Å². The van der Waals surface area contributed by atoms with Crippen molar-refractivity contribution in [3.63, 3.8) is 0 Å². The van der Waals surface area contributed by atoms with Crippen LogP contribution in [-0.2, 0) is 86.3 Å². The fraction of sp³-hybridized carbons (Fsp3) is 0.174. The van der Waals surface area contributed by atoms with Gasteiger partial charge in [-0.15, -0.1) is 0 Å². The van der Waals surface area contributed by atoms with Gasteiger partial charge in [-0.3, -0.25) is 0 Å². The lowest BCUT2D eigenvalue weighted by atomic mass is 9.86. The second-order valence-corrected chi connectivity index (χ2v) is 35.0. The predicted molar refractivity (Wildman–Crippen MR) is 545 cm³/mol. The molecule has 0 saturated heterocycles. The van der Waals surface area contributed by atoms with E-state index in [0.717, 1.165) is 63.0 Å². The highest BCUT2D eigenvalue weighted by Gasteiger charge is 2.24. The third-order valence-electron chi connectivity index (χ3n) is 21.3. The van der Waals surface area contributed by atoms with Crippen molar-refractivity contribution in [2.45, 2.75) is 120 Å². The number of methoxy groups -OCH3 is 1. The number of pyridine rings is 6. The van der Waals surface area contributed by atoms with Crippen LogP contribution in [0.15, 0.2) is 307 Å². The molecule has 0 radical (unpaired) electrons. The summed E-state index contributed by atoms with van der Waals surface area (Å²) in [7, 11) is 1.58. The van der Waals surface area contributed by atoms with Gasteiger partial charge in [0.1, 0.15) is 70.8 Å². The molecule has 0 saturated carbocycles. The minimum atomic E-state index is -0.580. The van der Waals surface area contributed by atoms with Crippen molar-refractivity contribution in [2.24, 2.45) is 0 Å². The van der Waals surface area contributed by atoms with Gasteiger partial charge in [-0.1, -0.05) is 268 Å². The fourth-order valence-electron chi connectivity index (χ4n) is 13.7. The van der Waals surface area contributed by atoms with Crippen LogP contribution in [0.1, 0.15) is 170 Å². The molecule has 18 rings (SSSR count). The van der Waals surface area contributed by atoms with Crippen molar-refractivity contribution < 1.29 is 89.1 Å². The summed E-state index contributed by atoms with van der Waals surface area (Å²) in [5, 5.41) is 24.7. The second kappa shape index (κ2) is 52.2. The lowest BCUT2D eigenvalue weighted by molar-refractivity contribution is 0.0429. The molecular formula is C109H92Cl6N12O19. The van der Waals surface area contributed by atoms with Crippen LogP contribution in [0.5, 0.6) is 5.75 Å². The molecule has 6 aromatic carbocycles. The van der Waals surface area contributed by atoms with Crippen LogP contribution in [0.2, 0.25) is 30.9 Å². The highest BCUT2D eigenvalue weighted by Crippen LogP contribution is 2.34.